The Balaban J connectivity index is 1.44. The summed E-state index contributed by atoms with van der Waals surface area (Å²) in [5.41, 5.74) is 2.38. The molecule has 0 atom stereocenters. The van der Waals surface area contributed by atoms with Crippen LogP contribution in [0.3, 0.4) is 0 Å². The van der Waals surface area contributed by atoms with Crippen LogP contribution in [0.2, 0.25) is 0 Å². The van der Waals surface area contributed by atoms with Crippen LogP contribution in [0.15, 0.2) is 59.9 Å². The number of morpholine rings is 1. The fourth-order valence-corrected chi connectivity index (χ4v) is 4.48. The largest absolute Gasteiger partial charge is 0.378 e. The van der Waals surface area contributed by atoms with Crippen LogP contribution in [0.1, 0.15) is 15.4 Å². The average molecular weight is 455 g/mol. The quantitative estimate of drug-likeness (QED) is 0.638. The van der Waals surface area contributed by atoms with Crippen LogP contribution in [-0.2, 0) is 11.3 Å². The van der Waals surface area contributed by atoms with Crippen molar-refractivity contribution in [1.82, 2.24) is 14.8 Å². The molecule has 0 spiro atoms. The molecular weight excluding hydrogens is 434 g/mol. The third-order valence-corrected chi connectivity index (χ3v) is 6.20. The lowest BCUT2D eigenvalue weighted by Crippen LogP contribution is -2.40. The number of fused-ring (bicyclic) bond motifs is 1. The minimum absolute atomic E-state index is 0.122. The number of carbonyl (C=O) groups is 1. The van der Waals surface area contributed by atoms with Crippen molar-refractivity contribution in [2.45, 2.75) is 6.54 Å². The van der Waals surface area contributed by atoms with Crippen molar-refractivity contribution >= 4 is 22.9 Å². The van der Waals surface area contributed by atoms with Crippen LogP contribution < -0.4 is 5.32 Å². The molecule has 1 N–H and O–H groups in total. The zero-order chi connectivity index (χ0) is 22.1. The molecule has 3 aromatic rings. The predicted molar refractivity (Wildman–Crippen MR) is 118 cm³/mol. The van der Waals surface area contributed by atoms with Gasteiger partial charge in [0, 0.05) is 30.2 Å². The monoisotopic (exact) mass is 454 g/mol. The van der Waals surface area contributed by atoms with Gasteiger partial charge in [0.1, 0.15) is 10.8 Å². The maximum absolute atomic E-state index is 13.6. The second kappa shape index (κ2) is 8.68. The van der Waals surface area contributed by atoms with Crippen LogP contribution >= 0.6 is 11.3 Å². The Bertz CT molecular complexity index is 1190. The van der Waals surface area contributed by atoms with E-state index in [-0.39, 0.29) is 12.5 Å². The average Bonchev–Trinajstić information content (AvgIpc) is 3.28. The van der Waals surface area contributed by atoms with E-state index < -0.39 is 11.6 Å². The molecular formula is C23H20F2N4O2S. The van der Waals surface area contributed by atoms with Crippen LogP contribution in [0, 0.1) is 11.6 Å². The van der Waals surface area contributed by atoms with Crippen LogP contribution in [-0.4, -0.2) is 47.0 Å². The number of hydrogen-bond donors (Lipinski definition) is 1. The van der Waals surface area contributed by atoms with Crippen molar-refractivity contribution in [3.8, 4) is 11.3 Å². The highest BCUT2D eigenvalue weighted by atomic mass is 32.1. The number of benzene rings is 2. The number of halogens is 2. The number of carbonyl (C=O) groups excluding carboxylic acids is 1. The molecule has 3 heterocycles. The molecule has 0 saturated carbocycles. The van der Waals surface area contributed by atoms with Gasteiger partial charge < -0.3 is 15.0 Å². The van der Waals surface area contributed by atoms with E-state index in [9.17, 15) is 13.6 Å². The summed E-state index contributed by atoms with van der Waals surface area (Å²) < 4.78 is 32.3. The molecule has 1 amide bonds. The van der Waals surface area contributed by atoms with E-state index in [2.05, 4.69) is 15.2 Å². The number of nitrogens with one attached hydrogen (secondary N) is 1. The highest BCUT2D eigenvalue weighted by molar-refractivity contribution is 7.09. The number of thiazole rings is 1. The van der Waals surface area contributed by atoms with E-state index >= 15 is 0 Å². The fourth-order valence-electron chi connectivity index (χ4n) is 3.68. The van der Waals surface area contributed by atoms with Gasteiger partial charge >= 0.3 is 0 Å². The number of hydrogen-bond acceptors (Lipinski definition) is 6. The molecule has 0 radical (unpaired) electrons. The van der Waals surface area contributed by atoms with Gasteiger partial charge in [0.15, 0.2) is 11.6 Å². The van der Waals surface area contributed by atoms with Crippen LogP contribution in [0.25, 0.3) is 11.3 Å². The Morgan fingerprint density at radius 1 is 1.12 bits per heavy atom. The van der Waals surface area contributed by atoms with Crippen LogP contribution in [0.5, 0.6) is 0 Å². The molecule has 1 saturated heterocycles. The van der Waals surface area contributed by atoms with Gasteiger partial charge in [-0.15, -0.1) is 11.3 Å². The number of nitrogens with zero attached hydrogens (tertiary/aromatic N) is 3. The minimum Gasteiger partial charge on any atom is -0.378 e. The van der Waals surface area contributed by atoms with Gasteiger partial charge in [-0.25, -0.2) is 13.8 Å². The lowest BCUT2D eigenvalue weighted by molar-refractivity contribution is 0.0575. The Morgan fingerprint density at radius 3 is 2.75 bits per heavy atom. The summed E-state index contributed by atoms with van der Waals surface area (Å²) >= 11 is 1.37. The second-order valence-electron chi connectivity index (χ2n) is 7.48. The van der Waals surface area contributed by atoms with Gasteiger partial charge in [0.2, 0.25) is 0 Å². The normalized spacial score (nSPS) is 17.4. The number of rotatable bonds is 4. The summed E-state index contributed by atoms with van der Waals surface area (Å²) in [5, 5.41) is 5.83. The first-order valence-electron chi connectivity index (χ1n) is 10.2. The molecule has 164 valence electrons. The molecule has 9 heteroatoms. The molecule has 0 bridgehead atoms. The van der Waals surface area contributed by atoms with Crippen molar-refractivity contribution < 1.29 is 18.3 Å². The third-order valence-electron chi connectivity index (χ3n) is 5.37. The summed E-state index contributed by atoms with van der Waals surface area (Å²) in [5.74, 6) is -1.27. The van der Waals surface area contributed by atoms with E-state index in [1.165, 1.54) is 17.4 Å². The van der Waals surface area contributed by atoms with Crippen molar-refractivity contribution in [1.29, 1.82) is 0 Å². The first-order valence-corrected chi connectivity index (χ1v) is 11.1. The summed E-state index contributed by atoms with van der Waals surface area (Å²) in [6, 6.07) is 11.1. The molecule has 2 aliphatic heterocycles. The van der Waals surface area contributed by atoms with Gasteiger partial charge in [-0.3, -0.25) is 9.69 Å². The van der Waals surface area contributed by atoms with E-state index in [1.54, 1.807) is 16.3 Å². The zero-order valence-corrected chi connectivity index (χ0v) is 17.9. The second-order valence-corrected chi connectivity index (χ2v) is 8.42. The molecule has 1 fully saturated rings. The first-order chi connectivity index (χ1) is 15.6. The molecule has 0 aliphatic carbocycles. The highest BCUT2D eigenvalue weighted by Crippen LogP contribution is 2.30. The molecule has 0 unspecified atom stereocenters. The maximum Gasteiger partial charge on any atom is 0.261 e. The molecule has 2 aromatic carbocycles. The zero-order valence-electron chi connectivity index (χ0n) is 17.1. The van der Waals surface area contributed by atoms with Gasteiger partial charge in [0.05, 0.1) is 36.7 Å². The van der Waals surface area contributed by atoms with Crippen molar-refractivity contribution in [2.24, 2.45) is 0 Å². The molecule has 1 aromatic heterocycles. The summed E-state index contributed by atoms with van der Waals surface area (Å²) in [6.07, 6.45) is 1.94. The number of amides is 1. The molecule has 32 heavy (non-hydrogen) atoms. The lowest BCUT2D eigenvalue weighted by Gasteiger charge is -2.34. The SMILES string of the molecule is O=C1c2ccccc2N/C(=C\N2CCOCC2)N1Cc1nc(-c2ccc(F)c(F)c2)cs1. The van der Waals surface area contributed by atoms with E-state index in [1.807, 2.05) is 24.4 Å². The van der Waals surface area contributed by atoms with Crippen LogP contribution in [0.4, 0.5) is 14.5 Å². The van der Waals surface area contributed by atoms with Crippen molar-refractivity contribution in [2.75, 3.05) is 31.6 Å². The van der Waals surface area contributed by atoms with Gasteiger partial charge in [-0.2, -0.15) is 0 Å². The Morgan fingerprint density at radius 2 is 1.94 bits per heavy atom. The minimum atomic E-state index is -0.917. The number of ether oxygens (including phenoxy) is 1. The third kappa shape index (κ3) is 4.09. The van der Waals surface area contributed by atoms with Crippen molar-refractivity contribution in [3.63, 3.8) is 0 Å². The fraction of sp³-hybridized carbons (Fsp3) is 0.217. The first kappa shape index (κ1) is 20.6. The molecule has 2 aliphatic rings. The highest BCUT2D eigenvalue weighted by Gasteiger charge is 2.29. The standard InChI is InChI=1S/C23H20F2N4O2S/c24-17-6-5-15(11-18(17)25)20-14-32-22(27-20)13-29-21(12-28-7-9-31-10-8-28)26-19-4-2-1-3-16(19)23(29)30/h1-6,11-12,14,26H,7-10,13H2/b21-12+. The number of anilines is 1. The lowest BCUT2D eigenvalue weighted by atomic mass is 10.1. The van der Waals surface area contributed by atoms with E-state index in [0.29, 0.717) is 40.9 Å². The maximum atomic E-state index is 13.6. The Hall–Kier alpha value is -3.30. The topological polar surface area (TPSA) is 57.7 Å². The Kier molecular flexibility index (Phi) is 5.59. The van der Waals surface area contributed by atoms with Crippen molar-refractivity contribution in [3.05, 3.63) is 82.1 Å². The summed E-state index contributed by atoms with van der Waals surface area (Å²) in [4.78, 5) is 21.7. The van der Waals surface area contributed by atoms with E-state index in [0.717, 1.165) is 30.9 Å². The molecule has 5 rings (SSSR count). The Labute approximate surface area is 187 Å². The van der Waals surface area contributed by atoms with Gasteiger partial charge in [0.25, 0.3) is 5.91 Å². The number of aromatic nitrogens is 1. The smallest absolute Gasteiger partial charge is 0.261 e. The summed E-state index contributed by atoms with van der Waals surface area (Å²) in [7, 11) is 0. The van der Waals surface area contributed by atoms with E-state index in [4.69, 9.17) is 4.74 Å². The predicted octanol–water partition coefficient (Wildman–Crippen LogP) is 4.29. The van der Waals surface area contributed by atoms with Gasteiger partial charge in [-0.1, -0.05) is 12.1 Å². The van der Waals surface area contributed by atoms with Gasteiger partial charge in [-0.05, 0) is 30.3 Å². The summed E-state index contributed by atoms with van der Waals surface area (Å²) in [6.45, 7) is 3.01. The molecule has 6 nitrogen and oxygen atoms in total. The number of para-hydroxylation sites is 1.